The topological polar surface area (TPSA) is 69.6 Å². The molecular formula is C19H31N5O2S. The number of carbonyl (C=O) groups is 2. The lowest BCUT2D eigenvalue weighted by molar-refractivity contribution is -0.131. The number of nitrogens with zero attached hydrogens (tertiary/aromatic N) is 5. The third-order valence-corrected chi connectivity index (χ3v) is 7.04. The van der Waals surface area contributed by atoms with Crippen LogP contribution >= 0.6 is 11.5 Å². The molecule has 0 saturated carbocycles. The van der Waals surface area contributed by atoms with Gasteiger partial charge in [0.25, 0.3) is 5.91 Å². The summed E-state index contributed by atoms with van der Waals surface area (Å²) in [4.78, 5) is 32.2. The zero-order chi connectivity index (χ0) is 19.6. The standard InChI is InChI=1S/C19H31N5O2S/c1-14(2)17-16(20-21-27-17)18(26)23-10-5-7-19(9-12-23)8-6-11-24(19)13-15(25)22(3)4/h14H,5-13H2,1-4H3/t19-/m1/s1. The van der Waals surface area contributed by atoms with E-state index in [1.54, 1.807) is 4.90 Å². The lowest BCUT2D eigenvalue weighted by Gasteiger charge is -2.38. The van der Waals surface area contributed by atoms with Gasteiger partial charge < -0.3 is 9.80 Å². The molecule has 2 saturated heterocycles. The molecule has 0 radical (unpaired) electrons. The van der Waals surface area contributed by atoms with Crippen LogP contribution in [0.5, 0.6) is 0 Å². The first-order chi connectivity index (χ1) is 12.8. The SMILES string of the molecule is CC(C)c1snnc1C(=O)N1CCC[C@@]2(CCCN2CC(=O)N(C)C)CC1. The highest BCUT2D eigenvalue weighted by Crippen LogP contribution is 2.38. The molecule has 1 aromatic heterocycles. The van der Waals surface area contributed by atoms with E-state index in [9.17, 15) is 9.59 Å². The van der Waals surface area contributed by atoms with Crippen molar-refractivity contribution in [1.82, 2.24) is 24.3 Å². The van der Waals surface area contributed by atoms with Gasteiger partial charge in [-0.1, -0.05) is 18.3 Å². The lowest BCUT2D eigenvalue weighted by atomic mass is 9.87. The predicted molar refractivity (Wildman–Crippen MR) is 106 cm³/mol. The second-order valence-corrected chi connectivity index (χ2v) is 9.11. The maximum Gasteiger partial charge on any atom is 0.275 e. The Labute approximate surface area is 165 Å². The van der Waals surface area contributed by atoms with Crippen molar-refractivity contribution in [1.29, 1.82) is 0 Å². The van der Waals surface area contributed by atoms with Crippen molar-refractivity contribution in [2.45, 2.75) is 57.4 Å². The molecule has 2 amide bonds. The number of aromatic nitrogens is 2. The highest BCUT2D eigenvalue weighted by atomic mass is 32.1. The second-order valence-electron chi connectivity index (χ2n) is 8.32. The van der Waals surface area contributed by atoms with Crippen LogP contribution in [0, 0.1) is 0 Å². The molecule has 2 aliphatic rings. The molecule has 8 heteroatoms. The van der Waals surface area contributed by atoms with Crippen LogP contribution < -0.4 is 0 Å². The molecule has 0 aromatic carbocycles. The van der Waals surface area contributed by atoms with Gasteiger partial charge >= 0.3 is 0 Å². The van der Waals surface area contributed by atoms with Crippen molar-refractivity contribution in [2.75, 3.05) is 40.3 Å². The van der Waals surface area contributed by atoms with Gasteiger partial charge in [0, 0.05) is 32.7 Å². The Kier molecular flexibility index (Phi) is 6.15. The van der Waals surface area contributed by atoms with E-state index in [-0.39, 0.29) is 23.3 Å². The maximum atomic E-state index is 13.0. The van der Waals surface area contributed by atoms with Crippen LogP contribution in [0.4, 0.5) is 0 Å². The summed E-state index contributed by atoms with van der Waals surface area (Å²) in [6.07, 6.45) is 5.18. The molecule has 1 atom stereocenters. The summed E-state index contributed by atoms with van der Waals surface area (Å²) in [5.74, 6) is 0.423. The summed E-state index contributed by atoms with van der Waals surface area (Å²) in [5, 5.41) is 4.12. The van der Waals surface area contributed by atoms with Gasteiger partial charge in [-0.05, 0) is 56.1 Å². The van der Waals surface area contributed by atoms with E-state index in [0.29, 0.717) is 12.2 Å². The number of likely N-dealkylation sites (N-methyl/N-ethyl adjacent to an activating group) is 1. The fourth-order valence-electron chi connectivity index (χ4n) is 4.37. The van der Waals surface area contributed by atoms with Crippen LogP contribution in [-0.4, -0.2) is 81.9 Å². The van der Waals surface area contributed by atoms with Gasteiger partial charge in [0.1, 0.15) is 0 Å². The minimum atomic E-state index is 0.0124. The van der Waals surface area contributed by atoms with Crippen molar-refractivity contribution in [3.05, 3.63) is 10.6 Å². The van der Waals surface area contributed by atoms with Gasteiger partial charge in [0.05, 0.1) is 11.4 Å². The molecule has 1 spiro atoms. The van der Waals surface area contributed by atoms with Crippen molar-refractivity contribution >= 4 is 23.3 Å². The number of hydrogen-bond acceptors (Lipinski definition) is 6. The Morgan fingerprint density at radius 2 is 1.85 bits per heavy atom. The van der Waals surface area contributed by atoms with Crippen molar-refractivity contribution in [3.8, 4) is 0 Å². The Hall–Kier alpha value is -1.54. The molecule has 3 heterocycles. The fourth-order valence-corrected chi connectivity index (χ4v) is 5.00. The van der Waals surface area contributed by atoms with E-state index in [0.717, 1.165) is 56.6 Å². The van der Waals surface area contributed by atoms with Gasteiger partial charge in [-0.15, -0.1) is 5.10 Å². The Balaban J connectivity index is 1.70. The molecule has 0 aliphatic carbocycles. The first-order valence-electron chi connectivity index (χ1n) is 9.91. The number of rotatable bonds is 4. The zero-order valence-electron chi connectivity index (χ0n) is 16.9. The third kappa shape index (κ3) is 4.16. The van der Waals surface area contributed by atoms with Crippen LogP contribution in [0.15, 0.2) is 0 Å². The van der Waals surface area contributed by atoms with E-state index >= 15 is 0 Å². The Bertz CT molecular complexity index is 689. The van der Waals surface area contributed by atoms with Crippen LogP contribution in [-0.2, 0) is 4.79 Å². The van der Waals surface area contributed by atoms with Crippen LogP contribution in [0.25, 0.3) is 0 Å². The van der Waals surface area contributed by atoms with Gasteiger partial charge in [-0.25, -0.2) is 0 Å². The van der Waals surface area contributed by atoms with Crippen molar-refractivity contribution in [2.24, 2.45) is 0 Å². The van der Waals surface area contributed by atoms with E-state index in [1.165, 1.54) is 11.5 Å². The van der Waals surface area contributed by atoms with Gasteiger partial charge in [0.15, 0.2) is 5.69 Å². The Morgan fingerprint density at radius 1 is 1.15 bits per heavy atom. The molecule has 0 unspecified atom stereocenters. The maximum absolute atomic E-state index is 13.0. The molecule has 0 N–H and O–H groups in total. The molecule has 3 rings (SSSR count). The van der Waals surface area contributed by atoms with E-state index in [2.05, 4.69) is 28.3 Å². The normalized spacial score (nSPS) is 23.8. The second kappa shape index (κ2) is 8.22. The summed E-state index contributed by atoms with van der Waals surface area (Å²) in [7, 11) is 3.62. The molecule has 7 nitrogen and oxygen atoms in total. The molecule has 0 bridgehead atoms. The van der Waals surface area contributed by atoms with Gasteiger partial charge in [-0.2, -0.15) is 0 Å². The molecule has 27 heavy (non-hydrogen) atoms. The van der Waals surface area contributed by atoms with Crippen LogP contribution in [0.1, 0.15) is 67.2 Å². The molecule has 2 aliphatic heterocycles. The van der Waals surface area contributed by atoms with Crippen LogP contribution in [0.2, 0.25) is 0 Å². The quantitative estimate of drug-likeness (QED) is 0.784. The van der Waals surface area contributed by atoms with Crippen molar-refractivity contribution in [3.63, 3.8) is 0 Å². The predicted octanol–water partition coefficient (Wildman–Crippen LogP) is 2.21. The Morgan fingerprint density at radius 3 is 2.52 bits per heavy atom. The number of amides is 2. The lowest BCUT2D eigenvalue weighted by Crippen LogP contribution is -2.48. The van der Waals surface area contributed by atoms with Crippen LogP contribution in [0.3, 0.4) is 0 Å². The van der Waals surface area contributed by atoms with Crippen molar-refractivity contribution < 1.29 is 9.59 Å². The monoisotopic (exact) mass is 393 g/mol. The fraction of sp³-hybridized carbons (Fsp3) is 0.789. The summed E-state index contributed by atoms with van der Waals surface area (Å²) in [6.45, 7) is 7.07. The molecular weight excluding hydrogens is 362 g/mol. The average Bonchev–Trinajstić information content (AvgIpc) is 3.19. The highest BCUT2D eigenvalue weighted by molar-refractivity contribution is 7.05. The largest absolute Gasteiger partial charge is 0.348 e. The summed E-state index contributed by atoms with van der Waals surface area (Å²) in [5.41, 5.74) is 0.582. The summed E-state index contributed by atoms with van der Waals surface area (Å²) >= 11 is 1.32. The highest BCUT2D eigenvalue weighted by Gasteiger charge is 2.43. The minimum Gasteiger partial charge on any atom is -0.348 e. The molecule has 2 fully saturated rings. The minimum absolute atomic E-state index is 0.0124. The number of likely N-dealkylation sites (tertiary alicyclic amines) is 2. The summed E-state index contributed by atoms with van der Waals surface area (Å²) < 4.78 is 4.01. The number of carbonyl (C=O) groups excluding carboxylic acids is 2. The smallest absolute Gasteiger partial charge is 0.275 e. The average molecular weight is 394 g/mol. The van der Waals surface area contributed by atoms with Gasteiger partial charge in [0.2, 0.25) is 5.91 Å². The zero-order valence-corrected chi connectivity index (χ0v) is 17.7. The van der Waals surface area contributed by atoms with E-state index in [1.807, 2.05) is 19.0 Å². The van der Waals surface area contributed by atoms with E-state index in [4.69, 9.17) is 0 Å². The third-order valence-electron chi connectivity index (χ3n) is 6.01. The van der Waals surface area contributed by atoms with Gasteiger partial charge in [-0.3, -0.25) is 14.5 Å². The first-order valence-corrected chi connectivity index (χ1v) is 10.7. The molecule has 1 aromatic rings. The van der Waals surface area contributed by atoms with E-state index < -0.39 is 0 Å². The first kappa shape index (κ1) is 20.2. The number of hydrogen-bond donors (Lipinski definition) is 0. The molecule has 150 valence electrons. The summed E-state index contributed by atoms with van der Waals surface area (Å²) in [6, 6.07) is 0.